The van der Waals surface area contributed by atoms with Crippen LogP contribution in [0.5, 0.6) is 0 Å². The Morgan fingerprint density at radius 2 is 0.919 bits per heavy atom. The van der Waals surface area contributed by atoms with E-state index in [0.717, 1.165) is 122 Å². The Balaban J connectivity index is 4.34. The maximum Gasteiger partial charge on any atom is 0.472 e. The number of carbonyl (C=O) groups is 2. The Hall–Kier alpha value is -3.07. The van der Waals surface area contributed by atoms with Crippen LogP contribution < -0.4 is 0 Å². The number of unbranched alkanes of at least 4 members (excludes halogenated alkanes) is 12. The monoisotopic (exact) mass is 887 g/mol. The average molecular weight is 887 g/mol. The number of likely N-dealkylation sites (N-methyl/N-ethyl adjacent to an activating group) is 1. The summed E-state index contributed by atoms with van der Waals surface area (Å²) in [4.78, 5) is 35.4. The van der Waals surface area contributed by atoms with Gasteiger partial charge in [-0.05, 0) is 89.9 Å². The molecular weight excluding hydrogens is 798 g/mol. The molecule has 0 heterocycles. The van der Waals surface area contributed by atoms with Gasteiger partial charge < -0.3 is 18.9 Å². The van der Waals surface area contributed by atoms with Gasteiger partial charge in [-0.2, -0.15) is 0 Å². The zero-order valence-electron chi connectivity index (χ0n) is 39.8. The van der Waals surface area contributed by atoms with Gasteiger partial charge in [0.05, 0.1) is 27.7 Å². The number of esters is 2. The number of hydrogen-bond donors (Lipinski definition) is 1. The van der Waals surface area contributed by atoms with Gasteiger partial charge in [0.2, 0.25) is 0 Å². The number of phosphoric acid groups is 1. The van der Waals surface area contributed by atoms with Crippen molar-refractivity contribution in [3.63, 3.8) is 0 Å². The highest BCUT2D eigenvalue weighted by Crippen LogP contribution is 2.43. The van der Waals surface area contributed by atoms with Crippen molar-refractivity contribution in [3.05, 3.63) is 97.2 Å². The molecule has 2 atom stereocenters. The van der Waals surface area contributed by atoms with E-state index in [1.165, 1.54) is 6.42 Å². The molecule has 0 spiro atoms. The lowest BCUT2D eigenvalue weighted by Gasteiger charge is -2.24. The van der Waals surface area contributed by atoms with Crippen LogP contribution in [0.1, 0.15) is 168 Å². The minimum absolute atomic E-state index is 0.0205. The normalized spacial score (nSPS) is 14.4. The molecule has 2 unspecified atom stereocenters. The van der Waals surface area contributed by atoms with Crippen molar-refractivity contribution in [2.24, 2.45) is 0 Å². The van der Waals surface area contributed by atoms with E-state index in [2.05, 4.69) is 111 Å². The molecule has 0 aliphatic carbocycles. The van der Waals surface area contributed by atoms with Gasteiger partial charge in [-0.3, -0.25) is 18.6 Å². The Bertz CT molecular complexity index is 1370. The third-order valence-electron chi connectivity index (χ3n) is 9.58. The van der Waals surface area contributed by atoms with Crippen molar-refractivity contribution in [2.75, 3.05) is 47.5 Å². The van der Waals surface area contributed by atoms with Crippen LogP contribution >= 0.6 is 7.82 Å². The van der Waals surface area contributed by atoms with Gasteiger partial charge in [0.25, 0.3) is 0 Å². The Morgan fingerprint density at radius 1 is 0.516 bits per heavy atom. The van der Waals surface area contributed by atoms with Crippen molar-refractivity contribution in [2.45, 2.75) is 174 Å². The molecule has 0 aliphatic rings. The summed E-state index contributed by atoms with van der Waals surface area (Å²) in [7, 11) is 1.44. The van der Waals surface area contributed by atoms with Gasteiger partial charge in [-0.25, -0.2) is 4.57 Å². The summed E-state index contributed by atoms with van der Waals surface area (Å²) in [5.41, 5.74) is 0. The SMILES string of the molecule is CC/C=C\C/C=C\C/C=C\C/C=C\C/C=C\C/C=C\CCCCCCCCC(=O)OC(COC(=O)CCCCCCC/C=C\C/C=C\CCC)COP(=O)(O)OCC[N+](C)(C)C. The quantitative estimate of drug-likeness (QED) is 0.0212. The summed E-state index contributed by atoms with van der Waals surface area (Å²) in [5.74, 6) is -0.842. The zero-order valence-corrected chi connectivity index (χ0v) is 40.7. The minimum Gasteiger partial charge on any atom is -0.462 e. The van der Waals surface area contributed by atoms with Crippen LogP contribution in [0.4, 0.5) is 0 Å². The predicted octanol–water partition coefficient (Wildman–Crippen LogP) is 14.1. The number of quaternary nitrogens is 1. The summed E-state index contributed by atoms with van der Waals surface area (Å²) in [6.45, 7) is 4.19. The molecule has 0 bridgehead atoms. The van der Waals surface area contributed by atoms with Gasteiger partial charge in [0.15, 0.2) is 6.10 Å². The van der Waals surface area contributed by atoms with E-state index in [4.69, 9.17) is 18.5 Å². The molecule has 0 aliphatic heterocycles. The van der Waals surface area contributed by atoms with Crippen LogP contribution in [0.2, 0.25) is 0 Å². The van der Waals surface area contributed by atoms with Crippen molar-refractivity contribution in [1.29, 1.82) is 0 Å². The standard InChI is InChI=1S/C52H88NO8P/c1-6-8-10-12-14-16-18-20-21-22-23-24-25-26-27-28-29-30-31-33-35-37-39-41-43-45-52(55)61-50(49-60-62(56,57)59-47-46-53(3,4)5)48-58-51(54)44-42-40-38-36-34-32-19-17-15-13-11-9-7-2/h8,10-11,13-14,16-17,19-21,23-24,26-27,29-30,50H,6-7,9,12,15,18,22,25,28,31-49H2,1-5H3/p+1/b10-8-,13-11-,16-14-,19-17-,21-20-,24-23-,27-26-,30-29-. The first-order valence-corrected chi connectivity index (χ1v) is 25.5. The summed E-state index contributed by atoms with van der Waals surface area (Å²) < 4.78 is 34.3. The highest BCUT2D eigenvalue weighted by molar-refractivity contribution is 7.47. The predicted molar refractivity (Wildman–Crippen MR) is 261 cm³/mol. The summed E-state index contributed by atoms with van der Waals surface area (Å²) >= 11 is 0. The first-order chi connectivity index (χ1) is 30.0. The highest BCUT2D eigenvalue weighted by Gasteiger charge is 2.27. The maximum atomic E-state index is 12.7. The molecule has 10 heteroatoms. The van der Waals surface area contributed by atoms with Crippen LogP contribution in [0.25, 0.3) is 0 Å². The molecule has 62 heavy (non-hydrogen) atoms. The molecule has 0 saturated heterocycles. The molecule has 0 aromatic heterocycles. The van der Waals surface area contributed by atoms with E-state index in [1.807, 2.05) is 21.1 Å². The number of hydrogen-bond acceptors (Lipinski definition) is 7. The number of allylic oxidation sites excluding steroid dienone is 16. The second kappa shape index (κ2) is 43.2. The Kier molecular flexibility index (Phi) is 41.1. The molecule has 0 amide bonds. The molecule has 1 N–H and O–H groups in total. The highest BCUT2D eigenvalue weighted by atomic mass is 31.2. The summed E-state index contributed by atoms with van der Waals surface area (Å²) in [5, 5.41) is 0. The number of ether oxygens (including phenoxy) is 2. The van der Waals surface area contributed by atoms with E-state index in [-0.39, 0.29) is 26.1 Å². The fourth-order valence-corrected chi connectivity index (χ4v) is 6.62. The minimum atomic E-state index is -4.39. The van der Waals surface area contributed by atoms with Crippen molar-refractivity contribution < 1.29 is 42.1 Å². The molecule has 0 aromatic carbocycles. The number of carbonyl (C=O) groups excluding carboxylic acids is 2. The van der Waals surface area contributed by atoms with E-state index in [9.17, 15) is 19.0 Å². The van der Waals surface area contributed by atoms with Crippen LogP contribution in [0.15, 0.2) is 97.2 Å². The van der Waals surface area contributed by atoms with Gasteiger partial charge in [-0.1, -0.05) is 162 Å². The smallest absolute Gasteiger partial charge is 0.462 e. The van der Waals surface area contributed by atoms with Crippen LogP contribution in [0.3, 0.4) is 0 Å². The summed E-state index contributed by atoms with van der Waals surface area (Å²) in [6, 6.07) is 0. The van der Waals surface area contributed by atoms with Crippen LogP contribution in [0, 0.1) is 0 Å². The fourth-order valence-electron chi connectivity index (χ4n) is 5.88. The number of rotatable bonds is 42. The summed E-state index contributed by atoms with van der Waals surface area (Å²) in [6.07, 6.45) is 57.4. The van der Waals surface area contributed by atoms with Crippen molar-refractivity contribution >= 4 is 19.8 Å². The van der Waals surface area contributed by atoms with Crippen molar-refractivity contribution in [1.82, 2.24) is 0 Å². The van der Waals surface area contributed by atoms with E-state index in [1.54, 1.807) is 0 Å². The van der Waals surface area contributed by atoms with Gasteiger partial charge >= 0.3 is 19.8 Å². The van der Waals surface area contributed by atoms with E-state index >= 15 is 0 Å². The lowest BCUT2D eigenvalue weighted by molar-refractivity contribution is -0.870. The zero-order chi connectivity index (χ0) is 45.7. The molecule has 0 aromatic rings. The van der Waals surface area contributed by atoms with Gasteiger partial charge in [0.1, 0.15) is 19.8 Å². The fraction of sp³-hybridized carbons (Fsp3) is 0.654. The molecule has 354 valence electrons. The van der Waals surface area contributed by atoms with Gasteiger partial charge in [-0.15, -0.1) is 0 Å². The lowest BCUT2D eigenvalue weighted by atomic mass is 10.1. The topological polar surface area (TPSA) is 108 Å². The largest absolute Gasteiger partial charge is 0.472 e. The van der Waals surface area contributed by atoms with Crippen molar-refractivity contribution in [3.8, 4) is 0 Å². The third kappa shape index (κ3) is 46.4. The molecule has 0 saturated carbocycles. The second-order valence-electron chi connectivity index (χ2n) is 16.8. The Morgan fingerprint density at radius 3 is 1.37 bits per heavy atom. The molecule has 0 rings (SSSR count). The first kappa shape index (κ1) is 58.9. The average Bonchev–Trinajstić information content (AvgIpc) is 3.23. The molecule has 0 fully saturated rings. The molecule has 0 radical (unpaired) electrons. The molecule has 9 nitrogen and oxygen atoms in total. The number of phosphoric ester groups is 1. The van der Waals surface area contributed by atoms with E-state index < -0.39 is 32.5 Å². The van der Waals surface area contributed by atoms with Crippen LogP contribution in [-0.2, 0) is 32.7 Å². The van der Waals surface area contributed by atoms with Gasteiger partial charge in [0, 0.05) is 12.8 Å². The maximum absolute atomic E-state index is 12.7. The second-order valence-corrected chi connectivity index (χ2v) is 18.2. The van der Waals surface area contributed by atoms with E-state index in [0.29, 0.717) is 23.9 Å². The number of nitrogens with zero attached hydrogens (tertiary/aromatic N) is 1. The third-order valence-corrected chi connectivity index (χ3v) is 10.6. The lowest BCUT2D eigenvalue weighted by Crippen LogP contribution is -2.37. The first-order valence-electron chi connectivity index (χ1n) is 24.0. The Labute approximate surface area is 379 Å². The van der Waals surface area contributed by atoms with Crippen LogP contribution in [-0.4, -0.2) is 74.9 Å². The molecular formula is C52H89NO8P+.